The summed E-state index contributed by atoms with van der Waals surface area (Å²) in [6, 6.07) is 14.4. The van der Waals surface area contributed by atoms with Crippen LogP contribution in [0.3, 0.4) is 0 Å². The minimum absolute atomic E-state index is 0.142. The maximum Gasteiger partial charge on any atom is 0.330 e. The van der Waals surface area contributed by atoms with Crippen molar-refractivity contribution in [1.29, 1.82) is 0 Å². The Morgan fingerprint density at radius 2 is 1.00 bits per heavy atom. The monoisotopic (exact) mass is 410 g/mol. The molecular formula is C22H22N2O6. The summed E-state index contributed by atoms with van der Waals surface area (Å²) in [5.74, 6) is -2.53. The lowest BCUT2D eigenvalue weighted by Crippen LogP contribution is -2.65. The normalized spacial score (nSPS) is 18.5. The molecule has 0 aromatic heterocycles. The summed E-state index contributed by atoms with van der Waals surface area (Å²) in [5, 5.41) is 2.06. The molecule has 2 aromatic rings. The van der Waals surface area contributed by atoms with Crippen LogP contribution in [0.15, 0.2) is 60.7 Å². The molecule has 1 fully saturated rings. The summed E-state index contributed by atoms with van der Waals surface area (Å²) >= 11 is 0. The highest BCUT2D eigenvalue weighted by Gasteiger charge is 2.48. The Morgan fingerprint density at radius 1 is 0.667 bits per heavy atom. The molecule has 0 unspecified atom stereocenters. The third-order valence-electron chi connectivity index (χ3n) is 4.94. The fraction of sp³-hybridized carbons (Fsp3) is 0.273. The SMILES string of the molecule is COC(=O)[C@H]1CC[C@@H](C(=O)OC)N(C(=O)c2ccccc2)N1C(=O)c1ccccc1. The first kappa shape index (κ1) is 21.0. The van der Waals surface area contributed by atoms with Gasteiger partial charge in [0.05, 0.1) is 14.2 Å². The first-order valence-electron chi connectivity index (χ1n) is 9.42. The van der Waals surface area contributed by atoms with Crippen molar-refractivity contribution >= 4 is 23.8 Å². The number of hydrogen-bond donors (Lipinski definition) is 0. The average molecular weight is 410 g/mol. The second kappa shape index (κ2) is 9.21. The van der Waals surface area contributed by atoms with Gasteiger partial charge in [-0.15, -0.1) is 0 Å². The molecule has 1 aliphatic rings. The van der Waals surface area contributed by atoms with Crippen molar-refractivity contribution in [3.05, 3.63) is 71.8 Å². The highest BCUT2D eigenvalue weighted by Crippen LogP contribution is 2.29. The van der Waals surface area contributed by atoms with E-state index in [4.69, 9.17) is 9.47 Å². The second-order valence-electron chi connectivity index (χ2n) is 6.69. The van der Waals surface area contributed by atoms with Gasteiger partial charge in [0.1, 0.15) is 0 Å². The van der Waals surface area contributed by atoms with Crippen molar-refractivity contribution in [2.75, 3.05) is 14.2 Å². The van der Waals surface area contributed by atoms with Crippen molar-refractivity contribution < 1.29 is 28.7 Å². The number of hydrogen-bond acceptors (Lipinski definition) is 6. The van der Waals surface area contributed by atoms with Gasteiger partial charge in [0.25, 0.3) is 11.8 Å². The Balaban J connectivity index is 2.13. The van der Waals surface area contributed by atoms with Gasteiger partial charge in [0.15, 0.2) is 12.1 Å². The van der Waals surface area contributed by atoms with E-state index in [-0.39, 0.29) is 24.0 Å². The van der Waals surface area contributed by atoms with E-state index in [2.05, 4.69) is 0 Å². The molecule has 8 heteroatoms. The topological polar surface area (TPSA) is 93.2 Å². The molecule has 1 heterocycles. The van der Waals surface area contributed by atoms with Gasteiger partial charge >= 0.3 is 11.9 Å². The molecular weight excluding hydrogens is 388 g/mol. The molecule has 3 rings (SSSR count). The lowest BCUT2D eigenvalue weighted by Gasteiger charge is -2.46. The largest absolute Gasteiger partial charge is 0.467 e. The number of nitrogens with zero attached hydrogens (tertiary/aromatic N) is 2. The van der Waals surface area contributed by atoms with Crippen molar-refractivity contribution in [3.63, 3.8) is 0 Å². The molecule has 30 heavy (non-hydrogen) atoms. The third-order valence-corrected chi connectivity index (χ3v) is 4.94. The Bertz CT molecular complexity index is 854. The van der Waals surface area contributed by atoms with Crippen LogP contribution >= 0.6 is 0 Å². The van der Waals surface area contributed by atoms with Gasteiger partial charge in [-0.3, -0.25) is 9.59 Å². The fourth-order valence-corrected chi connectivity index (χ4v) is 3.47. The fourth-order valence-electron chi connectivity index (χ4n) is 3.47. The van der Waals surface area contributed by atoms with Gasteiger partial charge in [-0.1, -0.05) is 36.4 Å². The van der Waals surface area contributed by atoms with E-state index >= 15 is 0 Å². The molecule has 1 saturated heterocycles. The Morgan fingerprint density at radius 3 is 1.30 bits per heavy atom. The van der Waals surface area contributed by atoms with Crippen LogP contribution in [0.4, 0.5) is 0 Å². The molecule has 0 saturated carbocycles. The summed E-state index contributed by atoms with van der Waals surface area (Å²) < 4.78 is 9.75. The molecule has 0 bridgehead atoms. The number of rotatable bonds is 4. The highest BCUT2D eigenvalue weighted by molar-refractivity contribution is 6.02. The molecule has 156 valence electrons. The second-order valence-corrected chi connectivity index (χ2v) is 6.69. The summed E-state index contributed by atoms with van der Waals surface area (Å²) in [6.07, 6.45) is 0.285. The Labute approximate surface area is 173 Å². The van der Waals surface area contributed by atoms with Gasteiger partial charge in [-0.25, -0.2) is 19.6 Å². The van der Waals surface area contributed by atoms with Crippen LogP contribution in [-0.4, -0.2) is 60.1 Å². The first-order valence-corrected chi connectivity index (χ1v) is 9.42. The molecule has 0 N–H and O–H groups in total. The van der Waals surface area contributed by atoms with Crippen molar-refractivity contribution in [2.24, 2.45) is 0 Å². The number of esters is 2. The van der Waals surface area contributed by atoms with E-state index in [1.54, 1.807) is 60.7 Å². The molecule has 8 nitrogen and oxygen atoms in total. The van der Waals surface area contributed by atoms with Gasteiger partial charge in [-0.2, -0.15) is 0 Å². The predicted molar refractivity (Wildman–Crippen MR) is 106 cm³/mol. The van der Waals surface area contributed by atoms with E-state index in [0.717, 1.165) is 10.0 Å². The summed E-state index contributed by atoms with van der Waals surface area (Å²) in [6.45, 7) is 0. The summed E-state index contributed by atoms with van der Waals surface area (Å²) in [5.41, 5.74) is 0.533. The van der Waals surface area contributed by atoms with Crippen molar-refractivity contribution in [3.8, 4) is 0 Å². The smallest absolute Gasteiger partial charge is 0.330 e. The lowest BCUT2D eigenvalue weighted by molar-refractivity contribution is -0.167. The standard InChI is InChI=1S/C22H22N2O6/c1-29-21(27)17-13-14-18(22(28)30-2)24(20(26)16-11-7-4-8-12-16)23(17)19(25)15-9-5-3-6-10-15/h3-12,17-18H,13-14H2,1-2H3/t17-,18+. The van der Waals surface area contributed by atoms with Crippen LogP contribution in [0, 0.1) is 0 Å². The van der Waals surface area contributed by atoms with Crippen LogP contribution < -0.4 is 0 Å². The summed E-state index contributed by atoms with van der Waals surface area (Å²) in [4.78, 5) is 51.8. The Hall–Kier alpha value is -3.68. The molecule has 0 radical (unpaired) electrons. The number of amides is 2. The highest BCUT2D eigenvalue weighted by atomic mass is 16.5. The molecule has 0 aliphatic carbocycles. The Kier molecular flexibility index (Phi) is 6.46. The molecule has 2 amide bonds. The van der Waals surface area contributed by atoms with Crippen LogP contribution in [0.25, 0.3) is 0 Å². The van der Waals surface area contributed by atoms with Gasteiger partial charge in [-0.05, 0) is 37.1 Å². The molecule has 0 spiro atoms. The number of ether oxygens (including phenoxy) is 2. The van der Waals surface area contributed by atoms with E-state index in [1.807, 2.05) is 0 Å². The maximum absolute atomic E-state index is 13.4. The minimum atomic E-state index is -1.06. The van der Waals surface area contributed by atoms with Gasteiger partial charge in [0, 0.05) is 11.1 Å². The van der Waals surface area contributed by atoms with E-state index in [0.29, 0.717) is 0 Å². The summed E-state index contributed by atoms with van der Waals surface area (Å²) in [7, 11) is 2.42. The number of methoxy groups -OCH3 is 2. The number of benzene rings is 2. The quantitative estimate of drug-likeness (QED) is 0.717. The molecule has 2 atom stereocenters. The minimum Gasteiger partial charge on any atom is -0.467 e. The molecule has 2 aromatic carbocycles. The number of carbonyl (C=O) groups is 4. The van der Waals surface area contributed by atoms with Crippen LogP contribution in [0.2, 0.25) is 0 Å². The number of carbonyl (C=O) groups excluding carboxylic acids is 4. The first-order chi connectivity index (χ1) is 14.5. The third kappa shape index (κ3) is 4.03. The maximum atomic E-state index is 13.4. The van der Waals surface area contributed by atoms with E-state index in [1.165, 1.54) is 14.2 Å². The lowest BCUT2D eigenvalue weighted by atomic mass is 9.99. The number of hydrazine groups is 1. The van der Waals surface area contributed by atoms with Gasteiger partial charge < -0.3 is 9.47 Å². The van der Waals surface area contributed by atoms with E-state index in [9.17, 15) is 19.2 Å². The molecule has 1 aliphatic heterocycles. The van der Waals surface area contributed by atoms with E-state index < -0.39 is 35.8 Å². The average Bonchev–Trinajstić information content (AvgIpc) is 2.82. The van der Waals surface area contributed by atoms with Crippen molar-refractivity contribution in [1.82, 2.24) is 10.0 Å². The van der Waals surface area contributed by atoms with Crippen LogP contribution in [0.1, 0.15) is 33.6 Å². The zero-order valence-corrected chi connectivity index (χ0v) is 16.7. The van der Waals surface area contributed by atoms with Crippen LogP contribution in [0.5, 0.6) is 0 Å². The van der Waals surface area contributed by atoms with Gasteiger partial charge in [0.2, 0.25) is 0 Å². The predicted octanol–water partition coefficient (Wildman–Crippen LogP) is 2.06. The van der Waals surface area contributed by atoms with Crippen molar-refractivity contribution in [2.45, 2.75) is 24.9 Å². The zero-order chi connectivity index (χ0) is 21.7. The zero-order valence-electron chi connectivity index (χ0n) is 16.7. The van der Waals surface area contributed by atoms with Crippen LogP contribution in [-0.2, 0) is 19.1 Å².